The normalized spacial score (nSPS) is 16.2. The van der Waals surface area contributed by atoms with Crippen molar-refractivity contribution in [3.05, 3.63) is 29.8 Å². The molecule has 1 amide bonds. The lowest BCUT2D eigenvalue weighted by molar-refractivity contribution is 0.0757. The van der Waals surface area contributed by atoms with Crippen LogP contribution in [0.4, 0.5) is 0 Å². The van der Waals surface area contributed by atoms with Crippen molar-refractivity contribution in [3.63, 3.8) is 0 Å². The van der Waals surface area contributed by atoms with Crippen molar-refractivity contribution in [2.75, 3.05) is 13.6 Å². The highest BCUT2D eigenvalue weighted by molar-refractivity contribution is 8.00. The Bertz CT molecular complexity index is 466. The van der Waals surface area contributed by atoms with Crippen LogP contribution in [0.3, 0.4) is 0 Å². The standard InChI is InChI=1S/C18H27NOS/c1-14(2)21-17-12-8-7-11-16(17)18(20)19(3)13-15-9-5-4-6-10-15/h7-8,11-12,14-15H,4-6,9-10,13H2,1-3H3. The molecule has 0 bridgehead atoms. The second-order valence-corrected chi connectivity index (χ2v) is 7.97. The van der Waals surface area contributed by atoms with Crippen LogP contribution in [0.15, 0.2) is 29.2 Å². The number of carbonyl (C=O) groups excluding carboxylic acids is 1. The predicted octanol–water partition coefficient (Wildman–Crippen LogP) is 4.84. The van der Waals surface area contributed by atoms with Gasteiger partial charge in [-0.05, 0) is 30.9 Å². The molecule has 1 aromatic carbocycles. The monoisotopic (exact) mass is 305 g/mol. The molecule has 116 valence electrons. The summed E-state index contributed by atoms with van der Waals surface area (Å²) in [5.74, 6) is 0.863. The molecular formula is C18H27NOS. The van der Waals surface area contributed by atoms with E-state index in [9.17, 15) is 4.79 Å². The summed E-state index contributed by atoms with van der Waals surface area (Å²) in [6.07, 6.45) is 6.57. The van der Waals surface area contributed by atoms with Crippen molar-refractivity contribution in [3.8, 4) is 0 Å². The fraction of sp³-hybridized carbons (Fsp3) is 0.611. The van der Waals surface area contributed by atoms with E-state index in [2.05, 4.69) is 19.9 Å². The van der Waals surface area contributed by atoms with Crippen LogP contribution in [0.25, 0.3) is 0 Å². The van der Waals surface area contributed by atoms with Crippen molar-refractivity contribution in [2.24, 2.45) is 5.92 Å². The molecule has 1 aliphatic carbocycles. The fourth-order valence-electron chi connectivity index (χ4n) is 3.05. The third kappa shape index (κ3) is 4.77. The smallest absolute Gasteiger partial charge is 0.254 e. The largest absolute Gasteiger partial charge is 0.341 e. The zero-order valence-electron chi connectivity index (χ0n) is 13.5. The van der Waals surface area contributed by atoms with Crippen molar-refractivity contribution in [1.82, 2.24) is 4.90 Å². The van der Waals surface area contributed by atoms with Crippen LogP contribution in [0.2, 0.25) is 0 Å². The molecule has 0 unspecified atom stereocenters. The molecule has 1 fully saturated rings. The van der Waals surface area contributed by atoms with Gasteiger partial charge in [0.15, 0.2) is 0 Å². The van der Waals surface area contributed by atoms with Crippen molar-refractivity contribution in [2.45, 2.75) is 56.1 Å². The molecule has 0 N–H and O–H groups in total. The molecule has 0 radical (unpaired) electrons. The van der Waals surface area contributed by atoms with Gasteiger partial charge in [-0.3, -0.25) is 4.79 Å². The van der Waals surface area contributed by atoms with Crippen LogP contribution in [0.5, 0.6) is 0 Å². The summed E-state index contributed by atoms with van der Waals surface area (Å²) >= 11 is 1.77. The summed E-state index contributed by atoms with van der Waals surface area (Å²) < 4.78 is 0. The Balaban J connectivity index is 2.04. The number of hydrogen-bond acceptors (Lipinski definition) is 2. The van der Waals surface area contributed by atoms with Crippen LogP contribution >= 0.6 is 11.8 Å². The lowest BCUT2D eigenvalue weighted by atomic mass is 9.89. The van der Waals surface area contributed by atoms with E-state index in [1.54, 1.807) is 11.8 Å². The molecular weight excluding hydrogens is 278 g/mol. The molecule has 0 atom stereocenters. The SMILES string of the molecule is CC(C)Sc1ccccc1C(=O)N(C)CC1CCCCC1. The summed E-state index contributed by atoms with van der Waals surface area (Å²) in [5.41, 5.74) is 0.856. The van der Waals surface area contributed by atoms with E-state index in [1.807, 2.05) is 30.1 Å². The molecule has 3 heteroatoms. The van der Waals surface area contributed by atoms with E-state index >= 15 is 0 Å². The number of amides is 1. The molecule has 0 heterocycles. The summed E-state index contributed by atoms with van der Waals surface area (Å²) in [6.45, 7) is 5.23. The zero-order valence-corrected chi connectivity index (χ0v) is 14.3. The van der Waals surface area contributed by atoms with Gasteiger partial charge in [-0.25, -0.2) is 0 Å². The van der Waals surface area contributed by atoms with Gasteiger partial charge in [0, 0.05) is 23.7 Å². The maximum Gasteiger partial charge on any atom is 0.254 e. The lowest BCUT2D eigenvalue weighted by Gasteiger charge is -2.27. The first-order chi connectivity index (χ1) is 10.1. The van der Waals surface area contributed by atoms with E-state index in [0.29, 0.717) is 11.2 Å². The highest BCUT2D eigenvalue weighted by atomic mass is 32.2. The molecule has 1 aromatic rings. The molecule has 2 rings (SSSR count). The Labute approximate surface area is 133 Å². The fourth-order valence-corrected chi connectivity index (χ4v) is 3.99. The van der Waals surface area contributed by atoms with Gasteiger partial charge in [-0.2, -0.15) is 0 Å². The molecule has 1 aliphatic rings. The molecule has 0 aromatic heterocycles. The predicted molar refractivity (Wildman–Crippen MR) is 91.0 cm³/mol. The average Bonchev–Trinajstić information content (AvgIpc) is 2.47. The Kier molecular flexibility index (Phi) is 6.16. The van der Waals surface area contributed by atoms with Crippen molar-refractivity contribution in [1.29, 1.82) is 0 Å². The number of thioether (sulfide) groups is 1. The average molecular weight is 305 g/mol. The quantitative estimate of drug-likeness (QED) is 0.726. The Morgan fingerprint density at radius 2 is 1.90 bits per heavy atom. The topological polar surface area (TPSA) is 20.3 Å². The van der Waals surface area contributed by atoms with Gasteiger partial charge in [0.05, 0.1) is 5.56 Å². The molecule has 0 saturated heterocycles. The van der Waals surface area contributed by atoms with Crippen molar-refractivity contribution < 1.29 is 4.79 Å². The first-order valence-corrected chi connectivity index (χ1v) is 8.97. The van der Waals surface area contributed by atoms with Gasteiger partial charge < -0.3 is 4.90 Å². The molecule has 0 aliphatic heterocycles. The van der Waals surface area contributed by atoms with E-state index in [0.717, 1.165) is 17.0 Å². The molecule has 21 heavy (non-hydrogen) atoms. The van der Waals surface area contributed by atoms with Gasteiger partial charge in [-0.15, -0.1) is 11.8 Å². The molecule has 2 nitrogen and oxygen atoms in total. The minimum Gasteiger partial charge on any atom is -0.341 e. The first kappa shape index (κ1) is 16.4. The van der Waals surface area contributed by atoms with E-state index < -0.39 is 0 Å². The van der Waals surface area contributed by atoms with Crippen LogP contribution in [-0.4, -0.2) is 29.6 Å². The molecule has 1 saturated carbocycles. The minimum atomic E-state index is 0.171. The van der Waals surface area contributed by atoms with E-state index in [1.165, 1.54) is 32.1 Å². The number of carbonyl (C=O) groups is 1. The highest BCUT2D eigenvalue weighted by Crippen LogP contribution is 2.28. The van der Waals surface area contributed by atoms with Crippen LogP contribution in [0.1, 0.15) is 56.3 Å². The summed E-state index contributed by atoms with van der Waals surface area (Å²) in [5, 5.41) is 0.489. The van der Waals surface area contributed by atoms with Gasteiger partial charge in [0.25, 0.3) is 5.91 Å². The second-order valence-electron chi connectivity index (χ2n) is 6.35. The minimum absolute atomic E-state index is 0.171. The third-order valence-electron chi connectivity index (χ3n) is 4.08. The zero-order chi connectivity index (χ0) is 15.2. The number of nitrogens with zero attached hydrogens (tertiary/aromatic N) is 1. The van der Waals surface area contributed by atoms with Gasteiger partial charge in [-0.1, -0.05) is 45.2 Å². The highest BCUT2D eigenvalue weighted by Gasteiger charge is 2.21. The maximum atomic E-state index is 12.7. The van der Waals surface area contributed by atoms with Crippen LogP contribution in [0, 0.1) is 5.92 Å². The Morgan fingerprint density at radius 3 is 2.57 bits per heavy atom. The van der Waals surface area contributed by atoms with Gasteiger partial charge >= 0.3 is 0 Å². The van der Waals surface area contributed by atoms with E-state index in [-0.39, 0.29) is 5.91 Å². The molecule has 0 spiro atoms. The Hall–Kier alpha value is -0.960. The van der Waals surface area contributed by atoms with Crippen molar-refractivity contribution >= 4 is 17.7 Å². The van der Waals surface area contributed by atoms with Crippen LogP contribution in [-0.2, 0) is 0 Å². The number of benzene rings is 1. The number of rotatable bonds is 5. The summed E-state index contributed by atoms with van der Waals surface area (Å²) in [7, 11) is 1.95. The van der Waals surface area contributed by atoms with Gasteiger partial charge in [0.1, 0.15) is 0 Å². The summed E-state index contributed by atoms with van der Waals surface area (Å²) in [4.78, 5) is 15.8. The maximum absolute atomic E-state index is 12.7. The second kappa shape index (κ2) is 7.88. The third-order valence-corrected chi connectivity index (χ3v) is 5.16. The first-order valence-electron chi connectivity index (χ1n) is 8.09. The lowest BCUT2D eigenvalue weighted by Crippen LogP contribution is -2.33. The Morgan fingerprint density at radius 1 is 1.24 bits per heavy atom. The van der Waals surface area contributed by atoms with E-state index in [4.69, 9.17) is 0 Å². The van der Waals surface area contributed by atoms with Crippen LogP contribution < -0.4 is 0 Å². The van der Waals surface area contributed by atoms with Gasteiger partial charge in [0.2, 0.25) is 0 Å². The summed E-state index contributed by atoms with van der Waals surface area (Å²) in [6, 6.07) is 8.01. The number of hydrogen-bond donors (Lipinski definition) is 0.